The number of hydrogen-bond donors (Lipinski definition) is 1. The molecule has 38 heavy (non-hydrogen) atoms. The highest BCUT2D eigenvalue weighted by atomic mass is 35.5. The van der Waals surface area contributed by atoms with Gasteiger partial charge in [0.15, 0.2) is 0 Å². The normalized spacial score (nSPS) is 26.1. The van der Waals surface area contributed by atoms with Crippen molar-refractivity contribution >= 4 is 10.9 Å². The minimum absolute atomic E-state index is 0. The number of nitrogens with zero attached hydrogens (tertiary/aromatic N) is 2. The standard InChI is InChI=1S/C28H27F6N2O.ClH/c1-2-18-16-36(15-17-11-20(27(29,30)31)14-21(12-17)28(32,33)34)10-8-19(18)13-25(36)26(37)23-7-9-35-24-6-4-3-5-22(23)24;/h2-7,9,11-12,14,18-19,25-26,37H,1,8,10,13,15-16H2;1H/q+1;/p-1/t18-,19+,25+,26-,36?;/m1./s1. The Hall–Kier alpha value is -2.62. The van der Waals surface area contributed by atoms with Crippen molar-refractivity contribution in [2.75, 3.05) is 13.1 Å². The number of halogens is 7. The molecular formula is C28H27ClF6N2O. The fourth-order valence-electron chi connectivity index (χ4n) is 6.44. The Labute approximate surface area is 222 Å². The first-order valence-electron chi connectivity index (χ1n) is 12.2. The summed E-state index contributed by atoms with van der Waals surface area (Å²) >= 11 is 0. The maximum atomic E-state index is 13.6. The number of fused-ring (bicyclic) bond motifs is 4. The van der Waals surface area contributed by atoms with Gasteiger partial charge in [0.05, 0.1) is 29.7 Å². The Morgan fingerprint density at radius 1 is 1.03 bits per heavy atom. The van der Waals surface area contributed by atoms with Gasteiger partial charge in [-0.2, -0.15) is 26.3 Å². The molecule has 1 aromatic heterocycles. The molecule has 10 heteroatoms. The number of rotatable bonds is 5. The molecule has 0 radical (unpaired) electrons. The Morgan fingerprint density at radius 3 is 2.32 bits per heavy atom. The second-order valence-corrected chi connectivity index (χ2v) is 10.3. The van der Waals surface area contributed by atoms with Gasteiger partial charge in [-0.05, 0) is 41.8 Å². The van der Waals surface area contributed by atoms with Crippen LogP contribution in [0.2, 0.25) is 0 Å². The fourth-order valence-corrected chi connectivity index (χ4v) is 6.44. The van der Waals surface area contributed by atoms with Crippen LogP contribution in [-0.4, -0.2) is 33.7 Å². The lowest BCUT2D eigenvalue weighted by molar-refractivity contribution is -0.984. The maximum absolute atomic E-state index is 13.6. The number of piperidine rings is 3. The zero-order chi connectivity index (χ0) is 26.6. The van der Waals surface area contributed by atoms with E-state index in [1.165, 1.54) is 0 Å². The van der Waals surface area contributed by atoms with Gasteiger partial charge in [-0.1, -0.05) is 24.3 Å². The van der Waals surface area contributed by atoms with Crippen molar-refractivity contribution in [3.05, 3.63) is 89.6 Å². The van der Waals surface area contributed by atoms with Crippen LogP contribution in [0.25, 0.3) is 10.9 Å². The number of aliphatic hydroxyl groups is 1. The molecule has 0 aliphatic carbocycles. The molecule has 1 unspecified atom stereocenters. The van der Waals surface area contributed by atoms with Crippen LogP contribution in [0, 0.1) is 11.8 Å². The molecule has 2 aromatic carbocycles. The van der Waals surface area contributed by atoms with Crippen molar-refractivity contribution in [2.24, 2.45) is 11.8 Å². The van der Waals surface area contributed by atoms with Gasteiger partial charge in [-0.3, -0.25) is 4.98 Å². The van der Waals surface area contributed by atoms with Crippen molar-refractivity contribution in [3.63, 3.8) is 0 Å². The molecule has 3 nitrogen and oxygen atoms in total. The van der Waals surface area contributed by atoms with Crippen molar-refractivity contribution in [1.29, 1.82) is 0 Å². The van der Waals surface area contributed by atoms with Crippen LogP contribution >= 0.6 is 0 Å². The van der Waals surface area contributed by atoms with E-state index in [9.17, 15) is 31.4 Å². The van der Waals surface area contributed by atoms with Gasteiger partial charge in [-0.25, -0.2) is 0 Å². The number of para-hydroxylation sites is 1. The summed E-state index contributed by atoms with van der Waals surface area (Å²) in [5.41, 5.74) is -1.31. The lowest BCUT2D eigenvalue weighted by atomic mass is 9.71. The van der Waals surface area contributed by atoms with Crippen LogP contribution < -0.4 is 12.4 Å². The smallest absolute Gasteiger partial charge is 0.416 e. The highest BCUT2D eigenvalue weighted by Gasteiger charge is 2.54. The predicted octanol–water partition coefficient (Wildman–Crippen LogP) is 3.92. The number of quaternary nitrogens is 1. The van der Waals surface area contributed by atoms with Crippen LogP contribution in [-0.2, 0) is 18.9 Å². The highest BCUT2D eigenvalue weighted by Crippen LogP contribution is 2.48. The van der Waals surface area contributed by atoms with E-state index in [1.807, 2.05) is 30.3 Å². The average molecular weight is 557 g/mol. The van der Waals surface area contributed by atoms with Crippen molar-refractivity contribution in [1.82, 2.24) is 4.98 Å². The first-order chi connectivity index (χ1) is 17.4. The third-order valence-corrected chi connectivity index (χ3v) is 8.19. The van der Waals surface area contributed by atoms with E-state index < -0.39 is 35.6 Å². The largest absolute Gasteiger partial charge is 1.00 e. The number of aromatic nitrogens is 1. The topological polar surface area (TPSA) is 33.1 Å². The zero-order valence-corrected chi connectivity index (χ0v) is 21.1. The SMILES string of the molecule is C=C[C@@H]1C[N+]2(Cc3cc(C(F)(F)F)cc(C(F)(F)F)c3)CC[C@H]1C[C@H]2[C@H](O)c1ccnc2ccccc12.[Cl-]. The summed E-state index contributed by atoms with van der Waals surface area (Å²) < 4.78 is 81.6. The number of hydrogen-bond acceptors (Lipinski definition) is 2. The molecule has 0 spiro atoms. The van der Waals surface area contributed by atoms with Crippen molar-refractivity contribution in [3.8, 4) is 0 Å². The molecule has 5 atom stereocenters. The van der Waals surface area contributed by atoms with Gasteiger partial charge < -0.3 is 22.0 Å². The minimum atomic E-state index is -4.91. The average Bonchev–Trinajstić information content (AvgIpc) is 2.86. The Bertz CT molecular complexity index is 1290. The predicted molar refractivity (Wildman–Crippen MR) is 127 cm³/mol. The van der Waals surface area contributed by atoms with E-state index in [2.05, 4.69) is 11.6 Å². The summed E-state index contributed by atoms with van der Waals surface area (Å²) in [4.78, 5) is 4.35. The molecule has 3 fully saturated rings. The van der Waals surface area contributed by atoms with Crippen molar-refractivity contribution < 1.29 is 48.3 Å². The monoisotopic (exact) mass is 556 g/mol. The first-order valence-corrected chi connectivity index (χ1v) is 12.2. The highest BCUT2D eigenvalue weighted by molar-refractivity contribution is 5.82. The Kier molecular flexibility index (Phi) is 7.60. The molecule has 0 saturated carbocycles. The second-order valence-electron chi connectivity index (χ2n) is 10.3. The molecule has 3 aliphatic heterocycles. The lowest BCUT2D eigenvalue weighted by Gasteiger charge is -2.58. The summed E-state index contributed by atoms with van der Waals surface area (Å²) in [7, 11) is 0. The molecule has 4 heterocycles. The number of pyridine rings is 1. The second kappa shape index (κ2) is 10.2. The summed E-state index contributed by atoms with van der Waals surface area (Å²) in [6, 6.07) is 10.5. The number of alkyl halides is 6. The maximum Gasteiger partial charge on any atom is 0.416 e. The molecule has 3 aliphatic rings. The van der Waals surface area contributed by atoms with Crippen molar-refractivity contribution in [2.45, 2.75) is 43.9 Å². The van der Waals surface area contributed by atoms with E-state index in [-0.39, 0.29) is 46.9 Å². The van der Waals surface area contributed by atoms with E-state index >= 15 is 0 Å². The minimum Gasteiger partial charge on any atom is -1.00 e. The Balaban J connectivity index is 0.00000336. The van der Waals surface area contributed by atoms with Gasteiger partial charge >= 0.3 is 12.4 Å². The van der Waals surface area contributed by atoms with Gasteiger partial charge in [0.1, 0.15) is 18.7 Å². The van der Waals surface area contributed by atoms with Gasteiger partial charge in [0.25, 0.3) is 0 Å². The van der Waals surface area contributed by atoms with Crippen LogP contribution in [0.4, 0.5) is 26.3 Å². The summed E-state index contributed by atoms with van der Waals surface area (Å²) in [6.07, 6.45) is -5.99. The summed E-state index contributed by atoms with van der Waals surface area (Å²) in [5.74, 6) is 0.316. The Morgan fingerprint density at radius 2 is 1.68 bits per heavy atom. The van der Waals surface area contributed by atoms with Crippen LogP contribution in [0.3, 0.4) is 0 Å². The molecular weight excluding hydrogens is 530 g/mol. The number of benzene rings is 2. The van der Waals surface area contributed by atoms with E-state index in [0.29, 0.717) is 30.6 Å². The number of aliphatic hydroxyl groups excluding tert-OH is 1. The fraction of sp³-hybridized carbons (Fsp3) is 0.393. The molecule has 1 N–H and O–H groups in total. The zero-order valence-electron chi connectivity index (χ0n) is 20.3. The van der Waals surface area contributed by atoms with Gasteiger partial charge in [0.2, 0.25) is 0 Å². The van der Waals surface area contributed by atoms with Gasteiger partial charge in [-0.15, -0.1) is 6.58 Å². The van der Waals surface area contributed by atoms with Crippen LogP contribution in [0.1, 0.15) is 41.2 Å². The third-order valence-electron chi connectivity index (χ3n) is 8.19. The summed E-state index contributed by atoms with van der Waals surface area (Å²) in [6.45, 7) is 4.93. The van der Waals surface area contributed by atoms with Gasteiger partial charge in [0, 0.05) is 35.9 Å². The molecule has 0 amide bonds. The van der Waals surface area contributed by atoms with E-state index in [1.54, 1.807) is 12.3 Å². The van der Waals surface area contributed by atoms with Crippen LogP contribution in [0.5, 0.6) is 0 Å². The molecule has 204 valence electrons. The quantitative estimate of drug-likeness (QED) is 0.294. The molecule has 3 saturated heterocycles. The molecule has 2 bridgehead atoms. The summed E-state index contributed by atoms with van der Waals surface area (Å²) in [5, 5.41) is 12.5. The van der Waals surface area contributed by atoms with E-state index in [0.717, 1.165) is 23.9 Å². The van der Waals surface area contributed by atoms with Crippen LogP contribution in [0.15, 0.2) is 67.4 Å². The first kappa shape index (κ1) is 28.4. The molecule has 6 rings (SSSR count). The third kappa shape index (κ3) is 5.16. The van der Waals surface area contributed by atoms with E-state index in [4.69, 9.17) is 0 Å². The molecule has 3 aromatic rings. The lowest BCUT2D eigenvalue weighted by Crippen LogP contribution is -3.00.